The number of hydrogen-bond donors (Lipinski definition) is 1. The summed E-state index contributed by atoms with van der Waals surface area (Å²) in [7, 11) is 0. The van der Waals surface area contributed by atoms with Crippen molar-refractivity contribution in [2.45, 2.75) is 32.7 Å². The third-order valence-electron chi connectivity index (χ3n) is 3.68. The topological polar surface area (TPSA) is 12.0 Å². The minimum atomic E-state index is -0.482. The molecule has 2 rings (SSSR count). The van der Waals surface area contributed by atoms with Crippen LogP contribution in [0.5, 0.6) is 0 Å². The minimum absolute atomic E-state index is 0.0899. The van der Waals surface area contributed by atoms with Crippen molar-refractivity contribution >= 4 is 0 Å². The van der Waals surface area contributed by atoms with Gasteiger partial charge in [0.15, 0.2) is 0 Å². The van der Waals surface area contributed by atoms with E-state index in [0.717, 1.165) is 18.5 Å². The number of nitrogens with one attached hydrogen (secondary N) is 1. The maximum Gasteiger partial charge on any atom is 0.129 e. The van der Waals surface area contributed by atoms with Gasteiger partial charge in [0.2, 0.25) is 0 Å². The van der Waals surface area contributed by atoms with Gasteiger partial charge in [-0.25, -0.2) is 8.78 Å². The second-order valence-electron chi connectivity index (χ2n) is 5.11. The minimum Gasteiger partial charge on any atom is -0.310 e. The molecule has 1 N–H and O–H groups in total. The highest BCUT2D eigenvalue weighted by Gasteiger charge is 2.17. The zero-order valence-corrected chi connectivity index (χ0v) is 12.5. The van der Waals surface area contributed by atoms with E-state index >= 15 is 0 Å². The Hall–Kier alpha value is -1.74. The summed E-state index contributed by atoms with van der Waals surface area (Å²) >= 11 is 0. The number of aryl methyl sites for hydroxylation is 1. The maximum absolute atomic E-state index is 13.8. The molecule has 0 fully saturated rings. The molecule has 1 atom stereocenters. The fraction of sp³-hybridized carbons (Fsp3) is 0.333. The van der Waals surface area contributed by atoms with Crippen LogP contribution in [0.3, 0.4) is 0 Å². The molecule has 0 saturated carbocycles. The standard InChI is InChI=1S/C18H21F2N/c1-3-13-7-5-8-14(11-13)18(21-4-2)12-15-16(19)9-6-10-17(15)20/h5-11,18,21H,3-4,12H2,1-2H3. The largest absolute Gasteiger partial charge is 0.310 e. The smallest absolute Gasteiger partial charge is 0.129 e. The molecule has 21 heavy (non-hydrogen) atoms. The monoisotopic (exact) mass is 289 g/mol. The van der Waals surface area contributed by atoms with Gasteiger partial charge >= 0.3 is 0 Å². The SMILES string of the molecule is CCNC(Cc1c(F)cccc1F)c1cccc(CC)c1. The third kappa shape index (κ3) is 3.88. The summed E-state index contributed by atoms with van der Waals surface area (Å²) in [5.41, 5.74) is 2.44. The fourth-order valence-corrected chi connectivity index (χ4v) is 2.52. The van der Waals surface area contributed by atoms with Crippen molar-refractivity contribution in [1.82, 2.24) is 5.32 Å². The first kappa shape index (κ1) is 15.6. The second kappa shape index (κ2) is 7.32. The Labute approximate surface area is 125 Å². The predicted molar refractivity (Wildman–Crippen MR) is 82.3 cm³/mol. The van der Waals surface area contributed by atoms with Gasteiger partial charge in [0, 0.05) is 11.6 Å². The van der Waals surface area contributed by atoms with Crippen LogP contribution in [0.4, 0.5) is 8.78 Å². The predicted octanol–water partition coefficient (Wildman–Crippen LogP) is 4.42. The van der Waals surface area contributed by atoms with Gasteiger partial charge in [-0.3, -0.25) is 0 Å². The number of halogens is 2. The zero-order valence-electron chi connectivity index (χ0n) is 12.5. The van der Waals surface area contributed by atoms with Crippen molar-refractivity contribution < 1.29 is 8.78 Å². The summed E-state index contributed by atoms with van der Waals surface area (Å²) in [5, 5.41) is 3.32. The lowest BCUT2D eigenvalue weighted by atomic mass is 9.96. The first-order chi connectivity index (χ1) is 10.2. The van der Waals surface area contributed by atoms with Crippen LogP contribution in [0.25, 0.3) is 0 Å². The third-order valence-corrected chi connectivity index (χ3v) is 3.68. The number of likely N-dealkylation sites (N-methyl/N-ethyl adjacent to an activating group) is 1. The van der Waals surface area contributed by atoms with Crippen molar-refractivity contribution in [2.75, 3.05) is 6.54 Å². The van der Waals surface area contributed by atoms with Gasteiger partial charge in [0.05, 0.1) is 0 Å². The van der Waals surface area contributed by atoms with E-state index in [-0.39, 0.29) is 11.6 Å². The molecule has 0 saturated heterocycles. The molecule has 0 spiro atoms. The van der Waals surface area contributed by atoms with Crippen LogP contribution in [0.15, 0.2) is 42.5 Å². The molecule has 3 heteroatoms. The van der Waals surface area contributed by atoms with Crippen LogP contribution in [-0.4, -0.2) is 6.54 Å². The normalized spacial score (nSPS) is 12.4. The summed E-state index contributed by atoms with van der Waals surface area (Å²) in [6.45, 7) is 4.84. The first-order valence-electron chi connectivity index (χ1n) is 7.40. The van der Waals surface area contributed by atoms with Crippen molar-refractivity contribution in [3.05, 3.63) is 70.8 Å². The Kier molecular flexibility index (Phi) is 5.45. The average molecular weight is 289 g/mol. The van der Waals surface area contributed by atoms with Gasteiger partial charge < -0.3 is 5.32 Å². The number of rotatable bonds is 6. The molecule has 112 valence electrons. The molecule has 2 aromatic rings. The van der Waals surface area contributed by atoms with Crippen LogP contribution in [0.2, 0.25) is 0 Å². The molecule has 0 bridgehead atoms. The molecule has 0 aliphatic carbocycles. The van der Waals surface area contributed by atoms with E-state index in [9.17, 15) is 8.78 Å². The Balaban J connectivity index is 2.30. The Morgan fingerprint density at radius 2 is 1.67 bits per heavy atom. The highest BCUT2D eigenvalue weighted by molar-refractivity contribution is 5.29. The van der Waals surface area contributed by atoms with Crippen molar-refractivity contribution in [3.8, 4) is 0 Å². The molecular formula is C18H21F2N. The zero-order chi connectivity index (χ0) is 15.2. The van der Waals surface area contributed by atoms with Crippen LogP contribution < -0.4 is 5.32 Å². The van der Waals surface area contributed by atoms with E-state index < -0.39 is 11.6 Å². The van der Waals surface area contributed by atoms with Gasteiger partial charge in [-0.1, -0.05) is 44.2 Å². The summed E-state index contributed by atoms with van der Waals surface area (Å²) in [5.74, 6) is -0.964. The lowest BCUT2D eigenvalue weighted by Gasteiger charge is -2.20. The summed E-state index contributed by atoms with van der Waals surface area (Å²) in [4.78, 5) is 0. The fourth-order valence-electron chi connectivity index (χ4n) is 2.52. The molecule has 0 aliphatic rings. The van der Waals surface area contributed by atoms with Crippen LogP contribution in [-0.2, 0) is 12.8 Å². The van der Waals surface area contributed by atoms with Crippen molar-refractivity contribution in [3.63, 3.8) is 0 Å². The van der Waals surface area contributed by atoms with E-state index in [2.05, 4.69) is 24.4 Å². The highest BCUT2D eigenvalue weighted by Crippen LogP contribution is 2.23. The molecule has 0 aliphatic heterocycles. The quantitative estimate of drug-likeness (QED) is 0.830. The Bertz CT molecular complexity index is 575. The number of hydrogen-bond acceptors (Lipinski definition) is 1. The summed E-state index contributed by atoms with van der Waals surface area (Å²) < 4.78 is 27.7. The Morgan fingerprint density at radius 1 is 1.00 bits per heavy atom. The van der Waals surface area contributed by atoms with E-state index in [4.69, 9.17) is 0 Å². The lowest BCUT2D eigenvalue weighted by molar-refractivity contribution is 0.499. The molecule has 0 heterocycles. The van der Waals surface area contributed by atoms with Gasteiger partial charge in [-0.15, -0.1) is 0 Å². The van der Waals surface area contributed by atoms with E-state index in [1.54, 1.807) is 0 Å². The molecule has 0 amide bonds. The molecule has 0 radical (unpaired) electrons. The molecular weight excluding hydrogens is 268 g/mol. The van der Waals surface area contributed by atoms with Crippen LogP contribution >= 0.6 is 0 Å². The van der Waals surface area contributed by atoms with Crippen LogP contribution in [0, 0.1) is 11.6 Å². The van der Waals surface area contributed by atoms with E-state index in [1.165, 1.54) is 23.8 Å². The highest BCUT2D eigenvalue weighted by atomic mass is 19.1. The molecule has 2 aromatic carbocycles. The summed E-state index contributed by atoms with van der Waals surface area (Å²) in [6.07, 6.45) is 1.25. The second-order valence-corrected chi connectivity index (χ2v) is 5.11. The first-order valence-corrected chi connectivity index (χ1v) is 7.40. The van der Waals surface area contributed by atoms with Gasteiger partial charge in [-0.2, -0.15) is 0 Å². The molecule has 1 unspecified atom stereocenters. The van der Waals surface area contributed by atoms with Crippen LogP contribution in [0.1, 0.15) is 36.6 Å². The van der Waals surface area contributed by atoms with E-state index in [1.807, 2.05) is 19.1 Å². The molecule has 0 aromatic heterocycles. The summed E-state index contributed by atoms with van der Waals surface area (Å²) in [6, 6.07) is 12.1. The van der Waals surface area contributed by atoms with Gasteiger partial charge in [0.1, 0.15) is 11.6 Å². The lowest BCUT2D eigenvalue weighted by Crippen LogP contribution is -2.24. The van der Waals surface area contributed by atoms with E-state index in [0.29, 0.717) is 6.42 Å². The number of benzene rings is 2. The average Bonchev–Trinajstić information content (AvgIpc) is 2.50. The van der Waals surface area contributed by atoms with Gasteiger partial charge in [0.25, 0.3) is 0 Å². The Morgan fingerprint density at radius 3 is 2.29 bits per heavy atom. The van der Waals surface area contributed by atoms with Gasteiger partial charge in [-0.05, 0) is 42.6 Å². The van der Waals surface area contributed by atoms with Crippen molar-refractivity contribution in [2.24, 2.45) is 0 Å². The van der Waals surface area contributed by atoms with Crippen molar-refractivity contribution in [1.29, 1.82) is 0 Å². The maximum atomic E-state index is 13.8. The molecule has 1 nitrogen and oxygen atoms in total.